The second-order valence-electron chi connectivity index (χ2n) is 3.11. The van der Waals surface area contributed by atoms with E-state index in [1.165, 1.54) is 26.4 Å². The van der Waals surface area contributed by atoms with Gasteiger partial charge in [0.05, 0.1) is 14.2 Å². The van der Waals surface area contributed by atoms with Crippen LogP contribution >= 0.6 is 0 Å². The van der Waals surface area contributed by atoms with Crippen molar-refractivity contribution in [2.45, 2.75) is 0 Å². The number of rotatable bonds is 5. The van der Waals surface area contributed by atoms with Gasteiger partial charge in [-0.3, -0.25) is 0 Å². The first kappa shape index (κ1) is 13.6. The number of esters is 1. The van der Waals surface area contributed by atoms with Gasteiger partial charge in [0.1, 0.15) is 17.6 Å². The number of hydrogen-bond donors (Lipinski definition) is 1. The SMILES string of the molecule is CO/C=C(/Oc1ccccc1C(=O)O)C(=O)OC. The molecule has 0 aliphatic heterocycles. The molecule has 0 saturated heterocycles. The normalized spacial score (nSPS) is 10.7. The molecule has 0 heterocycles. The highest BCUT2D eigenvalue weighted by Gasteiger charge is 2.17. The molecule has 1 rings (SSSR count). The lowest BCUT2D eigenvalue weighted by molar-refractivity contribution is -0.138. The third-order valence-electron chi connectivity index (χ3n) is 1.95. The molecule has 0 atom stereocenters. The summed E-state index contributed by atoms with van der Waals surface area (Å²) in [5, 5.41) is 8.96. The van der Waals surface area contributed by atoms with Gasteiger partial charge in [-0.2, -0.15) is 0 Å². The highest BCUT2D eigenvalue weighted by molar-refractivity contribution is 5.92. The Kier molecular flexibility index (Phi) is 4.74. The van der Waals surface area contributed by atoms with Gasteiger partial charge in [-0.15, -0.1) is 0 Å². The number of aromatic carboxylic acids is 1. The van der Waals surface area contributed by atoms with Crippen LogP contribution in [0.3, 0.4) is 0 Å². The first-order valence-electron chi connectivity index (χ1n) is 4.91. The molecule has 0 fully saturated rings. The monoisotopic (exact) mass is 252 g/mol. The highest BCUT2D eigenvalue weighted by Crippen LogP contribution is 2.20. The van der Waals surface area contributed by atoms with Crippen LogP contribution < -0.4 is 4.74 Å². The Morgan fingerprint density at radius 1 is 1.22 bits per heavy atom. The van der Waals surface area contributed by atoms with E-state index in [0.717, 1.165) is 6.26 Å². The summed E-state index contributed by atoms with van der Waals surface area (Å²) in [7, 11) is 2.51. The van der Waals surface area contributed by atoms with E-state index in [4.69, 9.17) is 9.84 Å². The van der Waals surface area contributed by atoms with Gasteiger partial charge in [0.2, 0.25) is 5.76 Å². The molecule has 0 aliphatic carbocycles. The van der Waals surface area contributed by atoms with Crippen LogP contribution in [0.2, 0.25) is 0 Å². The summed E-state index contributed by atoms with van der Waals surface area (Å²) < 4.78 is 14.3. The Morgan fingerprint density at radius 3 is 2.44 bits per heavy atom. The zero-order valence-electron chi connectivity index (χ0n) is 9.88. The Balaban J connectivity index is 3.05. The van der Waals surface area contributed by atoms with Gasteiger partial charge in [0.25, 0.3) is 0 Å². The third kappa shape index (κ3) is 3.24. The molecule has 96 valence electrons. The van der Waals surface area contributed by atoms with E-state index in [1.54, 1.807) is 12.1 Å². The Morgan fingerprint density at radius 2 is 1.89 bits per heavy atom. The van der Waals surface area contributed by atoms with Crippen LogP contribution in [0.1, 0.15) is 10.4 Å². The number of carbonyl (C=O) groups excluding carboxylic acids is 1. The van der Waals surface area contributed by atoms with E-state index >= 15 is 0 Å². The molecule has 0 aromatic heterocycles. The van der Waals surface area contributed by atoms with Crippen LogP contribution in [0.5, 0.6) is 5.75 Å². The Labute approximate surface area is 103 Å². The van der Waals surface area contributed by atoms with Gasteiger partial charge in [0, 0.05) is 0 Å². The van der Waals surface area contributed by atoms with Crippen molar-refractivity contribution in [2.24, 2.45) is 0 Å². The second-order valence-corrected chi connectivity index (χ2v) is 3.11. The number of benzene rings is 1. The molecule has 0 bridgehead atoms. The number of methoxy groups -OCH3 is 2. The summed E-state index contributed by atoms with van der Waals surface area (Å²) in [6.45, 7) is 0. The molecule has 1 aromatic rings. The largest absolute Gasteiger partial charge is 0.500 e. The second kappa shape index (κ2) is 6.29. The predicted molar refractivity (Wildman–Crippen MR) is 61.1 cm³/mol. The maximum Gasteiger partial charge on any atom is 0.377 e. The number of carboxylic acid groups (broad SMARTS) is 1. The molecule has 0 spiro atoms. The first-order valence-corrected chi connectivity index (χ1v) is 4.91. The lowest BCUT2D eigenvalue weighted by atomic mass is 10.2. The van der Waals surface area contributed by atoms with Crippen LogP contribution in [-0.2, 0) is 14.3 Å². The molecular weight excluding hydrogens is 240 g/mol. The molecular formula is C12H12O6. The van der Waals surface area contributed by atoms with Crippen molar-refractivity contribution in [2.75, 3.05) is 14.2 Å². The van der Waals surface area contributed by atoms with Crippen LogP contribution in [0, 0.1) is 0 Å². The van der Waals surface area contributed by atoms with E-state index in [1.807, 2.05) is 0 Å². The Bertz CT molecular complexity index is 477. The number of hydrogen-bond acceptors (Lipinski definition) is 5. The third-order valence-corrected chi connectivity index (χ3v) is 1.95. The number of para-hydroxylation sites is 1. The molecule has 0 saturated carbocycles. The number of carbonyl (C=O) groups is 2. The minimum atomic E-state index is -1.16. The van der Waals surface area contributed by atoms with Crippen molar-refractivity contribution in [1.29, 1.82) is 0 Å². The highest BCUT2D eigenvalue weighted by atomic mass is 16.6. The smallest absolute Gasteiger partial charge is 0.377 e. The molecule has 6 nitrogen and oxygen atoms in total. The summed E-state index contributed by atoms with van der Waals surface area (Å²) in [6, 6.07) is 5.92. The van der Waals surface area contributed by atoms with E-state index in [-0.39, 0.29) is 17.1 Å². The van der Waals surface area contributed by atoms with E-state index in [2.05, 4.69) is 9.47 Å². The summed E-state index contributed by atoms with van der Waals surface area (Å²) >= 11 is 0. The van der Waals surface area contributed by atoms with Gasteiger partial charge >= 0.3 is 11.9 Å². The zero-order chi connectivity index (χ0) is 13.5. The summed E-state index contributed by atoms with van der Waals surface area (Å²) in [5.74, 6) is -2.14. The average Bonchev–Trinajstić information content (AvgIpc) is 2.37. The van der Waals surface area contributed by atoms with Crippen molar-refractivity contribution in [3.05, 3.63) is 41.9 Å². The molecule has 1 aromatic carbocycles. The maximum atomic E-state index is 11.3. The van der Waals surface area contributed by atoms with Gasteiger partial charge in [-0.05, 0) is 12.1 Å². The van der Waals surface area contributed by atoms with Crippen molar-refractivity contribution >= 4 is 11.9 Å². The van der Waals surface area contributed by atoms with Gasteiger partial charge in [-0.1, -0.05) is 12.1 Å². The fourth-order valence-corrected chi connectivity index (χ4v) is 1.17. The lowest BCUT2D eigenvalue weighted by Gasteiger charge is -2.09. The molecule has 18 heavy (non-hydrogen) atoms. The van der Waals surface area contributed by atoms with Crippen molar-refractivity contribution in [3.8, 4) is 5.75 Å². The van der Waals surface area contributed by atoms with E-state index in [9.17, 15) is 9.59 Å². The van der Waals surface area contributed by atoms with Crippen LogP contribution in [0.4, 0.5) is 0 Å². The molecule has 0 aliphatic rings. The molecule has 6 heteroatoms. The molecule has 0 radical (unpaired) electrons. The zero-order valence-corrected chi connectivity index (χ0v) is 9.88. The fraction of sp³-hybridized carbons (Fsp3) is 0.167. The van der Waals surface area contributed by atoms with E-state index < -0.39 is 11.9 Å². The van der Waals surface area contributed by atoms with Crippen LogP contribution in [-0.4, -0.2) is 31.3 Å². The van der Waals surface area contributed by atoms with Gasteiger partial charge < -0.3 is 19.3 Å². The van der Waals surface area contributed by atoms with Crippen LogP contribution in [0.15, 0.2) is 36.3 Å². The molecule has 1 N–H and O–H groups in total. The molecule has 0 unspecified atom stereocenters. The molecule has 0 amide bonds. The Hall–Kier alpha value is -2.50. The average molecular weight is 252 g/mol. The maximum absolute atomic E-state index is 11.3. The minimum Gasteiger partial charge on any atom is -0.500 e. The van der Waals surface area contributed by atoms with Crippen LogP contribution in [0.25, 0.3) is 0 Å². The topological polar surface area (TPSA) is 82.1 Å². The van der Waals surface area contributed by atoms with Gasteiger partial charge in [-0.25, -0.2) is 9.59 Å². The van der Waals surface area contributed by atoms with Crippen molar-refractivity contribution < 1.29 is 28.9 Å². The summed E-state index contributed by atoms with van der Waals surface area (Å²) in [6.07, 6.45) is 1.03. The van der Waals surface area contributed by atoms with Crippen molar-refractivity contribution in [3.63, 3.8) is 0 Å². The number of carboxylic acids is 1. The van der Waals surface area contributed by atoms with Gasteiger partial charge in [0.15, 0.2) is 0 Å². The summed E-state index contributed by atoms with van der Waals surface area (Å²) in [4.78, 5) is 22.3. The first-order chi connectivity index (χ1) is 8.60. The van der Waals surface area contributed by atoms with Crippen molar-refractivity contribution in [1.82, 2.24) is 0 Å². The fourth-order valence-electron chi connectivity index (χ4n) is 1.17. The predicted octanol–water partition coefficient (Wildman–Crippen LogP) is 1.42. The quantitative estimate of drug-likeness (QED) is 0.485. The number of ether oxygens (including phenoxy) is 3. The summed E-state index contributed by atoms with van der Waals surface area (Å²) in [5.41, 5.74) is -0.0663. The standard InChI is InChI=1S/C12H12O6/c1-16-7-10(12(15)17-2)18-9-6-4-3-5-8(9)11(13)14/h3-7H,1-2H3,(H,13,14)/b10-7+. The van der Waals surface area contributed by atoms with E-state index in [0.29, 0.717) is 0 Å². The minimum absolute atomic E-state index is 0.0266. The lowest BCUT2D eigenvalue weighted by Crippen LogP contribution is -2.13.